The van der Waals surface area contributed by atoms with Gasteiger partial charge in [0, 0.05) is 40.4 Å². The zero-order valence-corrected chi connectivity index (χ0v) is 42.3. The number of aromatic nitrogens is 3. The number of nitrogens with zero attached hydrogens (tertiary/aromatic N) is 3. The molecule has 2 aliphatic carbocycles. The minimum absolute atomic E-state index is 0. The fourth-order valence-electron chi connectivity index (χ4n) is 10.4. The number of pyridine rings is 3. The number of furan rings is 1. The molecule has 2 aliphatic rings. The van der Waals surface area contributed by atoms with Gasteiger partial charge in [-0.2, -0.15) is 0 Å². The van der Waals surface area contributed by atoms with Crippen LogP contribution >= 0.6 is 0 Å². The van der Waals surface area contributed by atoms with Gasteiger partial charge in [-0.15, -0.1) is 90.0 Å². The van der Waals surface area contributed by atoms with Crippen molar-refractivity contribution >= 4 is 21.9 Å². The van der Waals surface area contributed by atoms with E-state index in [1.165, 1.54) is 36.8 Å². The monoisotopic (exact) mass is 1140 g/mol. The molecule has 0 amide bonds. The Bertz CT molecular complexity index is 3930. The summed E-state index contributed by atoms with van der Waals surface area (Å²) in [4.78, 5) is 13.9. The van der Waals surface area contributed by atoms with Crippen LogP contribution < -0.4 is 0 Å². The fraction of sp³-hybridized carbons (Fsp3) is 0.239. The molecule has 0 unspecified atom stereocenters. The Morgan fingerprint density at radius 2 is 1.03 bits per heavy atom. The molecule has 0 atom stereocenters. The second-order valence-corrected chi connectivity index (χ2v) is 18.7. The van der Waals surface area contributed by atoms with Gasteiger partial charge < -0.3 is 19.4 Å². The summed E-state index contributed by atoms with van der Waals surface area (Å²) < 4.78 is 140. The maximum absolute atomic E-state index is 15.6. The van der Waals surface area contributed by atoms with Crippen LogP contribution in [0.25, 0.3) is 66.8 Å². The number of halogens is 1. The van der Waals surface area contributed by atoms with Crippen molar-refractivity contribution in [1.29, 1.82) is 0 Å². The van der Waals surface area contributed by atoms with Crippen molar-refractivity contribution < 1.29 is 45.4 Å². The maximum atomic E-state index is 15.6. The Labute approximate surface area is 459 Å². The molecule has 0 saturated heterocycles. The third-order valence-corrected chi connectivity index (χ3v) is 14.0. The van der Waals surface area contributed by atoms with E-state index in [-0.39, 0.29) is 59.9 Å². The molecule has 6 heteroatoms. The molecule has 0 aliphatic heterocycles. The van der Waals surface area contributed by atoms with Crippen LogP contribution in [0.15, 0.2) is 169 Å². The number of hydrogen-bond donors (Lipinski definition) is 0. The molecule has 10 aromatic rings. The maximum Gasteiger partial charge on any atom is 3.00 e. The molecule has 12 rings (SSSR count). The quantitative estimate of drug-likeness (QED) is 0.0960. The Morgan fingerprint density at radius 1 is 0.493 bits per heavy atom. The van der Waals surface area contributed by atoms with Crippen molar-refractivity contribution in [2.24, 2.45) is 0 Å². The van der Waals surface area contributed by atoms with Gasteiger partial charge in [-0.1, -0.05) is 109 Å². The van der Waals surface area contributed by atoms with Gasteiger partial charge in [0.15, 0.2) is 0 Å². The van der Waals surface area contributed by atoms with E-state index in [2.05, 4.69) is 33.2 Å². The van der Waals surface area contributed by atoms with E-state index >= 15 is 4.39 Å². The molecule has 4 aromatic heterocycles. The molecule has 362 valence electrons. The molecular formula is C67H57FIrN3O. The first-order valence-corrected chi connectivity index (χ1v) is 24.8. The van der Waals surface area contributed by atoms with Crippen molar-refractivity contribution in [2.75, 3.05) is 0 Å². The molecule has 0 spiro atoms. The van der Waals surface area contributed by atoms with Crippen LogP contribution in [0.4, 0.5) is 4.39 Å². The van der Waals surface area contributed by atoms with Crippen molar-refractivity contribution in [2.45, 2.75) is 101 Å². The summed E-state index contributed by atoms with van der Waals surface area (Å²) >= 11 is 0. The minimum atomic E-state index is -3.16. The van der Waals surface area contributed by atoms with Gasteiger partial charge in [0.05, 0.1) is 11.1 Å². The number of hydrogen-bond acceptors (Lipinski definition) is 4. The van der Waals surface area contributed by atoms with E-state index < -0.39 is 60.7 Å². The average molecular weight is 1140 g/mol. The van der Waals surface area contributed by atoms with Crippen LogP contribution in [0.5, 0.6) is 0 Å². The Hall–Kier alpha value is -6.85. The van der Waals surface area contributed by atoms with E-state index in [4.69, 9.17) is 4.42 Å². The number of fused-ring (bicyclic) bond motifs is 3. The second-order valence-electron chi connectivity index (χ2n) is 18.7. The number of rotatable bonds is 15. The molecule has 4 nitrogen and oxygen atoms in total. The average Bonchev–Trinajstić information content (AvgIpc) is 2.33. The van der Waals surface area contributed by atoms with Gasteiger partial charge in [0.25, 0.3) is 0 Å². The Kier molecular flexibility index (Phi) is 10.9. The molecule has 0 bridgehead atoms. The van der Waals surface area contributed by atoms with Crippen LogP contribution in [0.1, 0.15) is 124 Å². The normalized spacial score (nSPS) is 17.7. The molecule has 2 saturated carbocycles. The second kappa shape index (κ2) is 22.1. The zero-order chi connectivity index (χ0) is 59.0. The van der Waals surface area contributed by atoms with Crippen LogP contribution in [0.2, 0.25) is 0 Å². The van der Waals surface area contributed by atoms with Crippen LogP contribution in [-0.4, -0.2) is 15.0 Å². The Balaban J connectivity index is 0.00000752. The molecule has 0 N–H and O–H groups in total. The summed E-state index contributed by atoms with van der Waals surface area (Å²) in [6.07, 6.45) is -8.04. The van der Waals surface area contributed by atoms with Gasteiger partial charge >= 0.3 is 20.1 Å². The third-order valence-electron chi connectivity index (χ3n) is 14.0. The first kappa shape index (κ1) is 36.1. The predicted octanol–water partition coefficient (Wildman–Crippen LogP) is 16.6. The summed E-state index contributed by atoms with van der Waals surface area (Å²) in [7, 11) is 0. The first-order chi connectivity index (χ1) is 40.1. The Morgan fingerprint density at radius 3 is 1.58 bits per heavy atom. The van der Waals surface area contributed by atoms with Gasteiger partial charge in [-0.3, -0.25) is 0 Å². The van der Waals surface area contributed by atoms with Crippen molar-refractivity contribution in [1.82, 2.24) is 15.0 Å². The third kappa shape index (κ3) is 10.5. The minimum Gasteiger partial charge on any atom is -0.500 e. The van der Waals surface area contributed by atoms with Crippen molar-refractivity contribution in [3.63, 3.8) is 0 Å². The van der Waals surface area contributed by atoms with Gasteiger partial charge in [-0.05, 0) is 155 Å². The summed E-state index contributed by atoms with van der Waals surface area (Å²) in [5, 5.41) is 1.30. The largest absolute Gasteiger partial charge is 3.00 e. The summed E-state index contributed by atoms with van der Waals surface area (Å²) in [5.41, 5.74) is 3.69. The fourth-order valence-corrected chi connectivity index (χ4v) is 10.4. The van der Waals surface area contributed by atoms with Gasteiger partial charge in [0.1, 0.15) is 11.4 Å². The van der Waals surface area contributed by atoms with Crippen molar-refractivity contribution in [3.8, 4) is 44.9 Å². The van der Waals surface area contributed by atoms with Crippen LogP contribution in [0.3, 0.4) is 0 Å². The van der Waals surface area contributed by atoms with Gasteiger partial charge in [-0.25, -0.2) is 4.39 Å². The molecule has 4 heterocycles. The van der Waals surface area contributed by atoms with Crippen molar-refractivity contribution in [3.05, 3.63) is 233 Å². The zero-order valence-electron chi connectivity index (χ0n) is 51.9. The standard InChI is InChI=1S/C67H57FN3O.Ir/c68-61-35-34-57-56-25-14-26-58(66(56)72-67(57)65(61)53-23-8-3-9-24-53)62-36-31-45(42-69-62)27-28-46-37-47(29-32-54-43-70-63(51-19-4-1-5-20-51)40-59(54)49-15-10-11-16-49)39-48(38-46)30-33-55-44-71-64(52-21-6-2-7-22-52)41-60(55)50-17-12-13-18-50;/h1-9,14,19,21,23-25,31,34-44,49-50H,10-13,15-18,27-30,32-33H2;/q-3;+3/i27D2,28D2,29D2,30D2,32D2,33D2;. The molecule has 2 fully saturated rings. The summed E-state index contributed by atoms with van der Waals surface area (Å²) in [6.45, 7) is 0. The van der Waals surface area contributed by atoms with E-state index in [0.717, 1.165) is 69.6 Å². The first-order valence-electron chi connectivity index (χ1n) is 30.8. The summed E-state index contributed by atoms with van der Waals surface area (Å²) in [6, 6.07) is 49.0. The van der Waals surface area contributed by atoms with Crippen LogP contribution in [0, 0.1) is 24.0 Å². The molecule has 6 aromatic carbocycles. The topological polar surface area (TPSA) is 51.8 Å². The molecular weight excluding hydrogens is 1070 g/mol. The SMILES string of the molecule is [2H]C([2H])(c1ccc(-c2[c-]ccc3c2oc2c(-c4ccccc4)c(F)ccc23)nc1)C([2H])([2H])c1cc(C([2H])([2H])C([2H])([2H])c2cnc(-c3[c-]cccc3)cc2C2CCCC2)cc(C([2H])([2H])C([2H])([2H])c2cnc(-c3[c-]cccc3)cc2C2CCCC2)c1.[Ir+3]. The van der Waals surface area contributed by atoms with E-state index in [0.29, 0.717) is 66.7 Å². The van der Waals surface area contributed by atoms with Crippen LogP contribution in [-0.2, 0) is 58.3 Å². The van der Waals surface area contributed by atoms with E-state index in [1.807, 2.05) is 42.5 Å². The smallest absolute Gasteiger partial charge is 0.500 e. The van der Waals surface area contributed by atoms with E-state index in [9.17, 15) is 16.4 Å². The predicted molar refractivity (Wildman–Crippen MR) is 289 cm³/mol. The summed E-state index contributed by atoms with van der Waals surface area (Å²) in [5.74, 6) is -0.760. The molecule has 0 radical (unpaired) electrons. The molecule has 73 heavy (non-hydrogen) atoms. The number of aryl methyl sites for hydroxylation is 6. The van der Waals surface area contributed by atoms with Gasteiger partial charge in [0.2, 0.25) is 0 Å². The number of benzene rings is 6. The van der Waals surface area contributed by atoms with E-state index in [1.54, 1.807) is 66.7 Å².